The molecule has 0 aliphatic rings. The number of hydrogen-bond donors (Lipinski definition) is 1. The molecule has 0 bridgehead atoms. The predicted molar refractivity (Wildman–Crippen MR) is 66.4 cm³/mol. The summed E-state index contributed by atoms with van der Waals surface area (Å²) < 4.78 is 0. The maximum absolute atomic E-state index is 6.18. The first-order valence-corrected chi connectivity index (χ1v) is 5.65. The monoisotopic (exact) mass is 226 g/mol. The van der Waals surface area contributed by atoms with E-state index in [0.29, 0.717) is 6.04 Å². The molecule has 0 saturated carbocycles. The normalized spacial score (nSPS) is 13.1. The first-order chi connectivity index (χ1) is 7.15. The summed E-state index contributed by atoms with van der Waals surface area (Å²) in [6.45, 7) is 4.01. The Kier molecular flexibility index (Phi) is 5.09. The van der Waals surface area contributed by atoms with Crippen molar-refractivity contribution in [3.05, 3.63) is 34.9 Å². The molecule has 1 rings (SSSR count). The maximum Gasteiger partial charge on any atom is 0.0463 e. The third-order valence-electron chi connectivity index (χ3n) is 2.28. The van der Waals surface area contributed by atoms with Gasteiger partial charge in [-0.15, -0.1) is 0 Å². The summed E-state index contributed by atoms with van der Waals surface area (Å²) in [6.07, 6.45) is 0. The van der Waals surface area contributed by atoms with Crippen molar-refractivity contribution in [3.8, 4) is 0 Å². The molecule has 0 amide bonds. The van der Waals surface area contributed by atoms with Gasteiger partial charge in [0.05, 0.1) is 0 Å². The molecule has 2 nitrogen and oxygen atoms in total. The first-order valence-electron chi connectivity index (χ1n) is 5.27. The summed E-state index contributed by atoms with van der Waals surface area (Å²) in [4.78, 5) is 2.16. The lowest BCUT2D eigenvalue weighted by atomic mass is 10.1. The number of likely N-dealkylation sites (N-methyl/N-ethyl adjacent to an activating group) is 2. The standard InChI is InChI=1S/C12H19ClN2/c1-4-14-12(9-15(2)3)10-7-5-6-8-11(10)13/h5-8,12,14H,4,9H2,1-3H3. The van der Waals surface area contributed by atoms with Crippen LogP contribution in [0.1, 0.15) is 18.5 Å². The Morgan fingerprint density at radius 1 is 1.33 bits per heavy atom. The number of halogens is 1. The molecular formula is C12H19ClN2. The molecule has 1 aromatic rings. The van der Waals surface area contributed by atoms with Gasteiger partial charge in [0.2, 0.25) is 0 Å². The molecule has 1 aromatic carbocycles. The lowest BCUT2D eigenvalue weighted by Crippen LogP contribution is -2.31. The summed E-state index contributed by atoms with van der Waals surface area (Å²) in [5.41, 5.74) is 1.18. The number of nitrogens with zero attached hydrogens (tertiary/aromatic N) is 1. The van der Waals surface area contributed by atoms with Crippen molar-refractivity contribution in [1.29, 1.82) is 0 Å². The van der Waals surface area contributed by atoms with Crippen molar-refractivity contribution in [2.75, 3.05) is 27.2 Å². The molecule has 0 radical (unpaired) electrons. The van der Waals surface area contributed by atoms with Gasteiger partial charge in [0.15, 0.2) is 0 Å². The van der Waals surface area contributed by atoms with E-state index in [0.717, 1.165) is 18.1 Å². The Morgan fingerprint density at radius 3 is 2.53 bits per heavy atom. The second-order valence-electron chi connectivity index (χ2n) is 3.89. The van der Waals surface area contributed by atoms with Crippen LogP contribution in [0.2, 0.25) is 5.02 Å². The molecule has 0 aliphatic carbocycles. The van der Waals surface area contributed by atoms with Crippen LogP contribution < -0.4 is 5.32 Å². The van der Waals surface area contributed by atoms with E-state index in [1.165, 1.54) is 5.56 Å². The van der Waals surface area contributed by atoms with Crippen molar-refractivity contribution in [1.82, 2.24) is 10.2 Å². The molecular weight excluding hydrogens is 208 g/mol. The molecule has 15 heavy (non-hydrogen) atoms. The number of hydrogen-bond acceptors (Lipinski definition) is 2. The van der Waals surface area contributed by atoms with Crippen LogP contribution in [0.25, 0.3) is 0 Å². The summed E-state index contributed by atoms with van der Waals surface area (Å²) >= 11 is 6.18. The highest BCUT2D eigenvalue weighted by Crippen LogP contribution is 2.22. The van der Waals surface area contributed by atoms with E-state index in [1.54, 1.807) is 0 Å². The highest BCUT2D eigenvalue weighted by molar-refractivity contribution is 6.31. The molecule has 0 saturated heterocycles. The smallest absolute Gasteiger partial charge is 0.0463 e. The summed E-state index contributed by atoms with van der Waals surface area (Å²) in [6, 6.07) is 8.32. The molecule has 1 unspecified atom stereocenters. The van der Waals surface area contributed by atoms with Crippen LogP contribution in [0, 0.1) is 0 Å². The topological polar surface area (TPSA) is 15.3 Å². The van der Waals surface area contributed by atoms with E-state index < -0.39 is 0 Å². The molecule has 1 atom stereocenters. The van der Waals surface area contributed by atoms with Gasteiger partial charge in [-0.05, 0) is 32.3 Å². The van der Waals surface area contributed by atoms with Crippen LogP contribution in [0.3, 0.4) is 0 Å². The van der Waals surface area contributed by atoms with Crippen LogP contribution in [0.5, 0.6) is 0 Å². The summed E-state index contributed by atoms with van der Waals surface area (Å²) in [5.74, 6) is 0. The Bertz CT molecular complexity index is 299. The van der Waals surface area contributed by atoms with Gasteiger partial charge in [-0.25, -0.2) is 0 Å². The van der Waals surface area contributed by atoms with Crippen molar-refractivity contribution in [2.45, 2.75) is 13.0 Å². The fraction of sp³-hybridized carbons (Fsp3) is 0.500. The van der Waals surface area contributed by atoms with Gasteiger partial charge in [0.1, 0.15) is 0 Å². The van der Waals surface area contributed by atoms with Crippen molar-refractivity contribution < 1.29 is 0 Å². The van der Waals surface area contributed by atoms with Crippen LogP contribution in [0.4, 0.5) is 0 Å². The zero-order valence-electron chi connectivity index (χ0n) is 9.63. The SMILES string of the molecule is CCNC(CN(C)C)c1ccccc1Cl. The highest BCUT2D eigenvalue weighted by atomic mass is 35.5. The minimum Gasteiger partial charge on any atom is -0.309 e. The lowest BCUT2D eigenvalue weighted by Gasteiger charge is -2.23. The number of nitrogens with one attached hydrogen (secondary N) is 1. The van der Waals surface area contributed by atoms with Gasteiger partial charge in [0.25, 0.3) is 0 Å². The Hall–Kier alpha value is -0.570. The van der Waals surface area contributed by atoms with Crippen molar-refractivity contribution >= 4 is 11.6 Å². The fourth-order valence-corrected chi connectivity index (χ4v) is 1.91. The second-order valence-corrected chi connectivity index (χ2v) is 4.30. The second kappa shape index (κ2) is 6.11. The van der Waals surface area contributed by atoms with E-state index in [2.05, 4.69) is 37.3 Å². The van der Waals surface area contributed by atoms with Crippen LogP contribution >= 0.6 is 11.6 Å². The molecule has 0 aliphatic heterocycles. The molecule has 3 heteroatoms. The van der Waals surface area contributed by atoms with Crippen LogP contribution in [-0.4, -0.2) is 32.1 Å². The lowest BCUT2D eigenvalue weighted by molar-refractivity contribution is 0.345. The van der Waals surface area contributed by atoms with Gasteiger partial charge in [-0.1, -0.05) is 36.7 Å². The summed E-state index contributed by atoms with van der Waals surface area (Å²) in [5, 5.41) is 4.28. The molecule has 0 aromatic heterocycles. The third-order valence-corrected chi connectivity index (χ3v) is 2.62. The quantitative estimate of drug-likeness (QED) is 0.830. The van der Waals surface area contributed by atoms with Gasteiger partial charge in [-0.2, -0.15) is 0 Å². The van der Waals surface area contributed by atoms with E-state index in [9.17, 15) is 0 Å². The molecule has 0 heterocycles. The Labute approximate surface area is 97.2 Å². The molecule has 0 spiro atoms. The van der Waals surface area contributed by atoms with Crippen LogP contribution in [-0.2, 0) is 0 Å². The Balaban J connectivity index is 2.83. The van der Waals surface area contributed by atoms with Gasteiger partial charge < -0.3 is 10.2 Å². The zero-order valence-corrected chi connectivity index (χ0v) is 10.4. The van der Waals surface area contributed by atoms with E-state index >= 15 is 0 Å². The number of benzene rings is 1. The average Bonchev–Trinajstić information content (AvgIpc) is 2.17. The predicted octanol–water partition coefficient (Wildman–Crippen LogP) is 2.55. The van der Waals surface area contributed by atoms with Crippen LogP contribution in [0.15, 0.2) is 24.3 Å². The van der Waals surface area contributed by atoms with E-state index in [4.69, 9.17) is 11.6 Å². The minimum atomic E-state index is 0.304. The maximum atomic E-state index is 6.18. The average molecular weight is 227 g/mol. The van der Waals surface area contributed by atoms with E-state index in [1.807, 2.05) is 18.2 Å². The van der Waals surface area contributed by atoms with Gasteiger partial charge in [0, 0.05) is 17.6 Å². The van der Waals surface area contributed by atoms with Gasteiger partial charge >= 0.3 is 0 Å². The first kappa shape index (κ1) is 12.5. The molecule has 1 N–H and O–H groups in total. The van der Waals surface area contributed by atoms with Crippen molar-refractivity contribution in [2.24, 2.45) is 0 Å². The molecule has 0 fully saturated rings. The third kappa shape index (κ3) is 3.82. The fourth-order valence-electron chi connectivity index (χ4n) is 1.64. The van der Waals surface area contributed by atoms with Crippen molar-refractivity contribution in [3.63, 3.8) is 0 Å². The van der Waals surface area contributed by atoms with Gasteiger partial charge in [-0.3, -0.25) is 0 Å². The number of rotatable bonds is 5. The largest absolute Gasteiger partial charge is 0.309 e. The Morgan fingerprint density at radius 2 is 2.00 bits per heavy atom. The van der Waals surface area contributed by atoms with E-state index in [-0.39, 0.29) is 0 Å². The highest BCUT2D eigenvalue weighted by Gasteiger charge is 2.13. The summed E-state index contributed by atoms with van der Waals surface area (Å²) in [7, 11) is 4.14. The minimum absolute atomic E-state index is 0.304. The molecule has 84 valence electrons. The zero-order chi connectivity index (χ0) is 11.3.